The Kier molecular flexibility index (Phi) is 7.55. The van der Waals surface area contributed by atoms with Crippen molar-refractivity contribution in [3.8, 4) is 0 Å². The quantitative estimate of drug-likeness (QED) is 0.462. The van der Waals surface area contributed by atoms with Gasteiger partial charge in [-0.2, -0.15) is 0 Å². The van der Waals surface area contributed by atoms with Crippen molar-refractivity contribution >= 4 is 5.78 Å². The number of aliphatic hydroxyl groups is 1. The molecule has 1 N–H and O–H groups in total. The van der Waals surface area contributed by atoms with Crippen LogP contribution in [0.5, 0.6) is 0 Å². The Bertz CT molecular complexity index is 592. The second-order valence-corrected chi connectivity index (χ2v) is 9.34. The Hall–Kier alpha value is -0.790. The van der Waals surface area contributed by atoms with Crippen molar-refractivity contribution in [3.05, 3.63) is 12.2 Å². The molecule has 3 aliphatic rings. The van der Waals surface area contributed by atoms with E-state index in [1.165, 1.54) is 0 Å². The monoisotopic (exact) mass is 410 g/mol. The molecule has 3 rings (SSSR count). The van der Waals surface area contributed by atoms with Gasteiger partial charge in [0.25, 0.3) is 0 Å². The lowest BCUT2D eigenvalue weighted by Gasteiger charge is -2.46. The normalized spacial score (nSPS) is 40.3. The van der Waals surface area contributed by atoms with Crippen LogP contribution in [-0.2, 0) is 23.7 Å². The number of methoxy groups -OCH3 is 2. The van der Waals surface area contributed by atoms with Gasteiger partial charge in [0.2, 0.25) is 0 Å². The van der Waals surface area contributed by atoms with Crippen LogP contribution in [0.3, 0.4) is 0 Å². The fourth-order valence-electron chi connectivity index (χ4n) is 6.13. The molecule has 3 aliphatic carbocycles. The first-order chi connectivity index (χ1) is 13.9. The summed E-state index contributed by atoms with van der Waals surface area (Å²) in [6, 6.07) is 0. The highest BCUT2D eigenvalue weighted by Crippen LogP contribution is 2.56. The fraction of sp³-hybridized carbons (Fsp3) is 0.870. The predicted molar refractivity (Wildman–Crippen MR) is 109 cm³/mol. The third kappa shape index (κ3) is 4.47. The van der Waals surface area contributed by atoms with Crippen molar-refractivity contribution in [1.29, 1.82) is 0 Å². The lowest BCUT2D eigenvalue weighted by molar-refractivity contribution is -0.149. The van der Waals surface area contributed by atoms with Gasteiger partial charge in [-0.05, 0) is 68.3 Å². The summed E-state index contributed by atoms with van der Waals surface area (Å²) >= 11 is 0. The summed E-state index contributed by atoms with van der Waals surface area (Å²) in [4.78, 5) is 12.9. The Balaban J connectivity index is 1.73. The molecule has 0 amide bonds. The van der Waals surface area contributed by atoms with Crippen LogP contribution < -0.4 is 0 Å². The predicted octanol–water partition coefficient (Wildman–Crippen LogP) is 3.61. The SMILES string of the molecule is C=C1[C@@H](O)CCC[C@@]1(CC[C@@H]1C(=O)CC[C@]2(C)[C@@H](OCOC)CC[C@@H]12)OCOC. The van der Waals surface area contributed by atoms with E-state index in [4.69, 9.17) is 18.9 Å². The van der Waals surface area contributed by atoms with E-state index in [9.17, 15) is 9.90 Å². The first-order valence-corrected chi connectivity index (χ1v) is 11.0. The Morgan fingerprint density at radius 3 is 2.62 bits per heavy atom. The molecule has 0 aromatic rings. The second kappa shape index (κ2) is 9.56. The second-order valence-electron chi connectivity index (χ2n) is 9.34. The Morgan fingerprint density at radius 1 is 1.14 bits per heavy atom. The smallest absolute Gasteiger partial charge is 0.147 e. The lowest BCUT2D eigenvalue weighted by atomic mass is 9.61. The molecule has 3 fully saturated rings. The molecule has 0 radical (unpaired) electrons. The number of ketones is 1. The van der Waals surface area contributed by atoms with E-state index in [-0.39, 0.29) is 24.2 Å². The van der Waals surface area contributed by atoms with Crippen LogP contribution >= 0.6 is 0 Å². The average Bonchev–Trinajstić information content (AvgIpc) is 3.04. The van der Waals surface area contributed by atoms with Gasteiger partial charge in [-0.1, -0.05) is 13.5 Å². The number of ether oxygens (including phenoxy) is 4. The van der Waals surface area contributed by atoms with Crippen LogP contribution in [0.2, 0.25) is 0 Å². The number of hydrogen-bond donors (Lipinski definition) is 1. The van der Waals surface area contributed by atoms with Gasteiger partial charge in [0.15, 0.2) is 0 Å². The van der Waals surface area contributed by atoms with Gasteiger partial charge >= 0.3 is 0 Å². The molecule has 0 aromatic heterocycles. The van der Waals surface area contributed by atoms with Gasteiger partial charge in [-0.3, -0.25) is 4.79 Å². The largest absolute Gasteiger partial charge is 0.389 e. The van der Waals surface area contributed by atoms with Gasteiger partial charge in [0, 0.05) is 26.6 Å². The van der Waals surface area contributed by atoms with Crippen molar-refractivity contribution in [2.75, 3.05) is 27.8 Å². The third-order valence-corrected chi connectivity index (χ3v) is 7.88. The molecule has 0 bridgehead atoms. The molecule has 6 atom stereocenters. The lowest BCUT2D eigenvalue weighted by Crippen LogP contribution is -2.47. The van der Waals surface area contributed by atoms with E-state index in [0.717, 1.165) is 50.5 Å². The molecule has 0 unspecified atom stereocenters. The number of hydrogen-bond acceptors (Lipinski definition) is 6. The molecule has 6 nitrogen and oxygen atoms in total. The first kappa shape index (κ1) is 22.9. The zero-order chi connectivity index (χ0) is 21.1. The highest BCUT2D eigenvalue weighted by atomic mass is 16.7. The highest BCUT2D eigenvalue weighted by molar-refractivity contribution is 5.82. The molecule has 3 saturated carbocycles. The van der Waals surface area contributed by atoms with Crippen molar-refractivity contribution in [2.24, 2.45) is 17.3 Å². The maximum atomic E-state index is 12.9. The summed E-state index contributed by atoms with van der Waals surface area (Å²) in [5, 5.41) is 10.4. The first-order valence-electron chi connectivity index (χ1n) is 11.0. The zero-order valence-corrected chi connectivity index (χ0v) is 18.3. The number of carbonyl (C=O) groups is 1. The van der Waals surface area contributed by atoms with E-state index < -0.39 is 11.7 Å². The zero-order valence-electron chi connectivity index (χ0n) is 18.3. The molecule has 0 aliphatic heterocycles. The Morgan fingerprint density at radius 2 is 1.90 bits per heavy atom. The summed E-state index contributed by atoms with van der Waals surface area (Å²) in [5.41, 5.74) is 0.146. The molecule has 166 valence electrons. The van der Waals surface area contributed by atoms with E-state index in [2.05, 4.69) is 13.5 Å². The van der Waals surface area contributed by atoms with E-state index in [1.807, 2.05) is 0 Å². The van der Waals surface area contributed by atoms with Gasteiger partial charge in [0.1, 0.15) is 19.4 Å². The van der Waals surface area contributed by atoms with E-state index in [0.29, 0.717) is 31.3 Å². The van der Waals surface area contributed by atoms with E-state index in [1.54, 1.807) is 14.2 Å². The maximum absolute atomic E-state index is 12.9. The van der Waals surface area contributed by atoms with Gasteiger partial charge < -0.3 is 24.1 Å². The number of rotatable bonds is 9. The summed E-state index contributed by atoms with van der Waals surface area (Å²) in [7, 11) is 3.25. The van der Waals surface area contributed by atoms with Gasteiger partial charge in [-0.25, -0.2) is 0 Å². The molecular weight excluding hydrogens is 372 g/mol. The standard InChI is InChI=1S/C23H38O6/c1-16-19(24)6-5-11-23(16,29-15-27-4)13-9-17-18-7-8-21(28-14-26-3)22(18,2)12-10-20(17)25/h17-19,21,24H,1,5-15H2,2-4H3/t17-,18-,19-,21-,22-,23-/m0/s1. The molecule has 0 heterocycles. The molecular formula is C23H38O6. The van der Waals surface area contributed by atoms with Crippen molar-refractivity contribution in [1.82, 2.24) is 0 Å². The minimum absolute atomic E-state index is 0.0137. The molecule has 0 spiro atoms. The van der Waals surface area contributed by atoms with Crippen molar-refractivity contribution in [3.63, 3.8) is 0 Å². The molecule has 29 heavy (non-hydrogen) atoms. The minimum Gasteiger partial charge on any atom is -0.389 e. The van der Waals surface area contributed by atoms with E-state index >= 15 is 0 Å². The fourth-order valence-corrected chi connectivity index (χ4v) is 6.13. The molecule has 6 heteroatoms. The number of aliphatic hydroxyl groups excluding tert-OH is 1. The van der Waals surface area contributed by atoms with Crippen molar-refractivity contribution in [2.45, 2.75) is 82.5 Å². The van der Waals surface area contributed by atoms with Gasteiger partial charge in [-0.15, -0.1) is 0 Å². The van der Waals surface area contributed by atoms with Gasteiger partial charge in [0.05, 0.1) is 17.8 Å². The minimum atomic E-state index is -0.605. The number of fused-ring (bicyclic) bond motifs is 1. The average molecular weight is 411 g/mol. The third-order valence-electron chi connectivity index (χ3n) is 7.88. The number of Topliss-reactive ketones (excluding diaryl/α,β-unsaturated/α-hetero) is 1. The Labute approximate surface area is 174 Å². The molecule has 0 aromatic carbocycles. The summed E-state index contributed by atoms with van der Waals surface area (Å²) < 4.78 is 22.4. The van der Waals surface area contributed by atoms with Crippen LogP contribution in [0.25, 0.3) is 0 Å². The summed E-state index contributed by atoms with van der Waals surface area (Å²) in [6.07, 6.45) is 6.95. The van der Waals surface area contributed by atoms with Crippen LogP contribution in [0.15, 0.2) is 12.2 Å². The van der Waals surface area contributed by atoms with Crippen LogP contribution in [0, 0.1) is 17.3 Å². The van der Waals surface area contributed by atoms with Crippen LogP contribution in [0.4, 0.5) is 0 Å². The number of carbonyl (C=O) groups excluding carboxylic acids is 1. The molecule has 0 saturated heterocycles. The topological polar surface area (TPSA) is 74.2 Å². The van der Waals surface area contributed by atoms with Crippen LogP contribution in [-0.4, -0.2) is 56.5 Å². The maximum Gasteiger partial charge on any atom is 0.147 e. The van der Waals surface area contributed by atoms with Crippen LogP contribution in [0.1, 0.15) is 64.7 Å². The summed E-state index contributed by atoms with van der Waals surface area (Å²) in [5.74, 6) is 0.704. The highest BCUT2D eigenvalue weighted by Gasteiger charge is 2.54. The summed E-state index contributed by atoms with van der Waals surface area (Å²) in [6.45, 7) is 6.91. The van der Waals surface area contributed by atoms with Crippen molar-refractivity contribution < 1.29 is 28.8 Å².